The number of pyridine rings is 1. The van der Waals surface area contributed by atoms with E-state index in [4.69, 9.17) is 0 Å². The Morgan fingerprint density at radius 2 is 1.20 bits per heavy atom. The van der Waals surface area contributed by atoms with Gasteiger partial charge in [0.05, 0.1) is 0 Å². The van der Waals surface area contributed by atoms with E-state index in [1.165, 1.54) is 100 Å². The summed E-state index contributed by atoms with van der Waals surface area (Å²) in [4.78, 5) is 5.24. The Morgan fingerprint density at radius 1 is 0.600 bits per heavy atom. The lowest BCUT2D eigenvalue weighted by molar-refractivity contribution is -0.00514. The van der Waals surface area contributed by atoms with Crippen molar-refractivity contribution in [3.63, 3.8) is 0 Å². The monoisotopic (exact) mass is 649 g/mol. The summed E-state index contributed by atoms with van der Waals surface area (Å²) >= 11 is 0. The van der Waals surface area contributed by atoms with Gasteiger partial charge in [-0.05, 0) is 155 Å². The molecule has 2 aromatic heterocycles. The van der Waals surface area contributed by atoms with Gasteiger partial charge in [0.2, 0.25) is 0 Å². The maximum Gasteiger partial charge on any atom is 0.254 e. The Balaban J connectivity index is 1.27. The highest BCUT2D eigenvalue weighted by Crippen LogP contribution is 2.62. The molecule has 2 aliphatic heterocycles. The first-order chi connectivity index (χ1) is 24.3. The average molecular weight is 650 g/mol. The predicted octanol–water partition coefficient (Wildman–Crippen LogP) is 9.79. The lowest BCUT2D eigenvalue weighted by Crippen LogP contribution is -2.61. The van der Waals surface area contributed by atoms with Crippen LogP contribution < -0.4 is 26.2 Å². The van der Waals surface area contributed by atoms with Crippen LogP contribution in [0.3, 0.4) is 0 Å². The van der Waals surface area contributed by atoms with Gasteiger partial charge in [-0.2, -0.15) is 0 Å². The molecule has 3 nitrogen and oxygen atoms in total. The van der Waals surface area contributed by atoms with E-state index in [2.05, 4.69) is 156 Å². The van der Waals surface area contributed by atoms with Crippen LogP contribution >= 0.6 is 0 Å². The topological polar surface area (TPSA) is 10.9 Å². The molecular formula is C46H44BN3. The van der Waals surface area contributed by atoms with Gasteiger partial charge < -0.3 is 9.30 Å². The van der Waals surface area contributed by atoms with E-state index in [1.54, 1.807) is 5.56 Å². The number of para-hydroxylation sites is 2. The van der Waals surface area contributed by atoms with Crippen LogP contribution in [0.2, 0.25) is 0 Å². The van der Waals surface area contributed by atoms with Crippen LogP contribution in [-0.4, -0.2) is 11.1 Å². The predicted molar refractivity (Wildman–Crippen MR) is 210 cm³/mol. The number of nitrogens with zero attached hydrogens (tertiary/aromatic N) is 3. The number of aromatic nitrogens is 1. The van der Waals surface area contributed by atoms with Gasteiger partial charge in [-0.15, -0.1) is 0 Å². The molecule has 0 amide bonds. The molecule has 6 aromatic rings. The van der Waals surface area contributed by atoms with E-state index in [1.807, 2.05) is 0 Å². The zero-order valence-electron chi connectivity index (χ0n) is 29.4. The molecule has 4 heteroatoms. The third-order valence-electron chi connectivity index (χ3n) is 13.2. The molecule has 0 unspecified atom stereocenters. The van der Waals surface area contributed by atoms with Gasteiger partial charge in [0.15, 0.2) is 0 Å². The van der Waals surface area contributed by atoms with Crippen molar-refractivity contribution in [2.24, 2.45) is 17.8 Å². The van der Waals surface area contributed by atoms with E-state index in [9.17, 15) is 0 Å². The van der Waals surface area contributed by atoms with Crippen LogP contribution in [0.5, 0.6) is 0 Å². The average Bonchev–Trinajstić information content (AvgIpc) is 3.50. The van der Waals surface area contributed by atoms with E-state index >= 15 is 0 Å². The van der Waals surface area contributed by atoms with Crippen molar-refractivity contribution >= 4 is 62.9 Å². The number of rotatable bonds is 3. The fraction of sp³-hybridized carbons (Fsp3) is 0.304. The van der Waals surface area contributed by atoms with Crippen molar-refractivity contribution in [3.8, 4) is 0 Å². The summed E-state index contributed by atoms with van der Waals surface area (Å²) in [6, 6.07) is 44.2. The molecule has 4 saturated carbocycles. The molecule has 4 fully saturated rings. The van der Waals surface area contributed by atoms with E-state index in [-0.39, 0.29) is 17.5 Å². The van der Waals surface area contributed by atoms with Crippen LogP contribution in [0.15, 0.2) is 121 Å². The number of anilines is 6. The lowest BCUT2D eigenvalue weighted by Gasteiger charge is -2.57. The van der Waals surface area contributed by atoms with Gasteiger partial charge in [0.1, 0.15) is 5.82 Å². The third-order valence-corrected chi connectivity index (χ3v) is 13.2. The number of hydrogen-bond donors (Lipinski definition) is 0. The molecule has 6 aliphatic rings. The molecule has 0 spiro atoms. The second-order valence-corrected chi connectivity index (χ2v) is 17.3. The molecule has 0 atom stereocenters. The van der Waals surface area contributed by atoms with Gasteiger partial charge in [0.25, 0.3) is 6.71 Å². The number of fused-ring (bicyclic) bond motifs is 6. The summed E-state index contributed by atoms with van der Waals surface area (Å²) in [5.41, 5.74) is 15.2. The zero-order chi connectivity index (χ0) is 33.4. The Labute approximate surface area is 296 Å². The minimum absolute atomic E-state index is 0.0382. The summed E-state index contributed by atoms with van der Waals surface area (Å²) in [6.07, 6.45) is 10.7. The molecule has 0 N–H and O–H groups in total. The maximum absolute atomic E-state index is 2.68. The quantitative estimate of drug-likeness (QED) is 0.177. The molecule has 4 bridgehead atoms. The summed E-state index contributed by atoms with van der Waals surface area (Å²) in [7, 11) is 0. The molecule has 0 saturated heterocycles. The minimum atomic E-state index is 0.0382. The van der Waals surface area contributed by atoms with Crippen molar-refractivity contribution in [1.29, 1.82) is 0 Å². The highest BCUT2D eigenvalue weighted by molar-refractivity contribution is 7.00. The second kappa shape index (κ2) is 10.2. The Morgan fingerprint density at radius 3 is 1.84 bits per heavy atom. The standard InChI is InChI=1S/C46H44BN3/c1-45(2,3)33-17-18-38-40(23-33)49(35-12-6-4-7-13-35)41-24-34(46-27-30-20-31(28-46)22-32(21-30)29-46)25-42-43(41)47(38)39-26-37-16-10-11-19-48(37)44(39)50(42)36-14-8-5-9-15-36/h4-19,23-26,30-32H,20-22,27-29H2,1-3H3. The molecule has 50 heavy (non-hydrogen) atoms. The number of hydrogen-bond acceptors (Lipinski definition) is 2. The van der Waals surface area contributed by atoms with Gasteiger partial charge in [0, 0.05) is 40.2 Å². The Hall–Kier alpha value is -4.70. The van der Waals surface area contributed by atoms with Gasteiger partial charge in [-0.25, -0.2) is 0 Å². The first-order valence-corrected chi connectivity index (χ1v) is 19.0. The van der Waals surface area contributed by atoms with Crippen molar-refractivity contribution in [2.45, 2.75) is 70.1 Å². The molecule has 4 aliphatic carbocycles. The summed E-state index contributed by atoms with van der Waals surface area (Å²) in [5, 5.41) is 0. The molecule has 246 valence electrons. The van der Waals surface area contributed by atoms with Crippen LogP contribution in [-0.2, 0) is 10.8 Å². The van der Waals surface area contributed by atoms with Crippen LogP contribution in [0.25, 0.3) is 5.52 Å². The minimum Gasteiger partial charge on any atom is -0.311 e. The SMILES string of the molecule is CC(C)(C)c1ccc2c(c1)N(c1ccccc1)c1cc(C34CC5CC(CC(C5)C3)C4)cc3c1B2c1cc2ccccn2c1N3c1ccccc1. The molecule has 4 aromatic carbocycles. The lowest BCUT2D eigenvalue weighted by atomic mass is 9.33. The normalized spacial score (nSPS) is 24.4. The van der Waals surface area contributed by atoms with Crippen molar-refractivity contribution in [1.82, 2.24) is 4.40 Å². The molecule has 0 radical (unpaired) electrons. The largest absolute Gasteiger partial charge is 0.311 e. The zero-order valence-corrected chi connectivity index (χ0v) is 29.4. The smallest absolute Gasteiger partial charge is 0.254 e. The van der Waals surface area contributed by atoms with Crippen LogP contribution in [0.4, 0.5) is 34.3 Å². The maximum atomic E-state index is 2.68. The van der Waals surface area contributed by atoms with E-state index in [0.717, 1.165) is 17.8 Å². The summed E-state index contributed by atoms with van der Waals surface area (Å²) in [5.74, 6) is 3.92. The second-order valence-electron chi connectivity index (χ2n) is 17.3. The van der Waals surface area contributed by atoms with Gasteiger partial charge in [-0.1, -0.05) is 75.4 Å². The van der Waals surface area contributed by atoms with Crippen LogP contribution in [0, 0.1) is 17.8 Å². The first-order valence-electron chi connectivity index (χ1n) is 19.0. The van der Waals surface area contributed by atoms with Gasteiger partial charge in [-0.3, -0.25) is 4.90 Å². The highest BCUT2D eigenvalue weighted by Gasteiger charge is 2.53. The summed E-state index contributed by atoms with van der Waals surface area (Å²) < 4.78 is 2.44. The van der Waals surface area contributed by atoms with Crippen molar-refractivity contribution in [3.05, 3.63) is 133 Å². The Kier molecular flexibility index (Phi) is 5.92. The van der Waals surface area contributed by atoms with Crippen LogP contribution in [0.1, 0.15) is 70.4 Å². The fourth-order valence-electron chi connectivity index (χ4n) is 11.5. The fourth-order valence-corrected chi connectivity index (χ4v) is 11.5. The van der Waals surface area contributed by atoms with E-state index < -0.39 is 0 Å². The van der Waals surface area contributed by atoms with Crippen molar-refractivity contribution in [2.75, 3.05) is 9.80 Å². The summed E-state index contributed by atoms with van der Waals surface area (Å²) in [6.45, 7) is 7.17. The van der Waals surface area contributed by atoms with Crippen molar-refractivity contribution < 1.29 is 0 Å². The molecule has 4 heterocycles. The van der Waals surface area contributed by atoms with Gasteiger partial charge >= 0.3 is 0 Å². The van der Waals surface area contributed by atoms with E-state index in [0.29, 0.717) is 0 Å². The molecule has 12 rings (SSSR count). The molecular weight excluding hydrogens is 605 g/mol. The Bertz CT molecular complexity index is 2280. The number of benzene rings is 4. The first kappa shape index (κ1) is 29.1. The third kappa shape index (κ3) is 4.05. The highest BCUT2D eigenvalue weighted by atomic mass is 15.2.